The van der Waals surface area contributed by atoms with Gasteiger partial charge in [0.15, 0.2) is 0 Å². The Morgan fingerprint density at radius 1 is 0.800 bits per heavy atom. The molecule has 0 spiro atoms. The Balaban J connectivity index is 1.60. The van der Waals surface area contributed by atoms with Crippen LogP contribution in [0, 0.1) is 0 Å². The van der Waals surface area contributed by atoms with Crippen molar-refractivity contribution < 1.29 is 0 Å². The van der Waals surface area contributed by atoms with Crippen LogP contribution in [-0.2, 0) is 0 Å². The first kappa shape index (κ1) is 15.9. The monoisotopic (exact) mass is 346 g/mol. The van der Waals surface area contributed by atoms with E-state index in [-0.39, 0.29) is 0 Å². The second kappa shape index (κ2) is 5.84. The maximum Gasteiger partial charge on any atom is 0.0714 e. The summed E-state index contributed by atoms with van der Waals surface area (Å²) in [6.07, 6.45) is 16.2. The molecule has 0 amide bonds. The molecule has 0 N–H and O–H groups in total. The smallest absolute Gasteiger partial charge is 0.0714 e. The SMILES string of the molecule is C[Si](C)(C1C2=C(CCCC2)C2=C1CCCC2)C1C=Cc2ccccc21. The molecule has 25 heavy (non-hydrogen) atoms. The van der Waals surface area contributed by atoms with Crippen molar-refractivity contribution in [2.45, 2.75) is 75.5 Å². The summed E-state index contributed by atoms with van der Waals surface area (Å²) in [7, 11) is -1.51. The maximum absolute atomic E-state index is 2.69. The molecular formula is C24H30Si. The molecule has 0 aromatic heterocycles. The number of hydrogen-bond acceptors (Lipinski definition) is 0. The third-order valence-electron chi connectivity index (χ3n) is 7.43. The van der Waals surface area contributed by atoms with Crippen LogP contribution in [0.3, 0.4) is 0 Å². The lowest BCUT2D eigenvalue weighted by molar-refractivity contribution is 0.664. The van der Waals surface area contributed by atoms with Gasteiger partial charge in [-0.2, -0.15) is 0 Å². The van der Waals surface area contributed by atoms with Gasteiger partial charge in [-0.15, -0.1) is 0 Å². The first-order chi connectivity index (χ1) is 12.2. The van der Waals surface area contributed by atoms with E-state index in [1.807, 2.05) is 22.3 Å². The normalized spacial score (nSPS) is 26.1. The molecular weight excluding hydrogens is 316 g/mol. The van der Waals surface area contributed by atoms with Crippen LogP contribution in [0.4, 0.5) is 0 Å². The van der Waals surface area contributed by atoms with Crippen LogP contribution in [0.15, 0.2) is 52.6 Å². The van der Waals surface area contributed by atoms with E-state index in [0.29, 0.717) is 5.54 Å². The average molecular weight is 347 g/mol. The Morgan fingerprint density at radius 3 is 2.08 bits per heavy atom. The van der Waals surface area contributed by atoms with E-state index >= 15 is 0 Å². The molecule has 4 aliphatic rings. The molecule has 0 fully saturated rings. The highest BCUT2D eigenvalue weighted by atomic mass is 28.3. The fraction of sp³-hybridized carbons (Fsp3) is 0.500. The quantitative estimate of drug-likeness (QED) is 0.498. The van der Waals surface area contributed by atoms with E-state index in [2.05, 4.69) is 49.5 Å². The molecule has 4 aliphatic carbocycles. The summed E-state index contributed by atoms with van der Waals surface area (Å²) in [5, 5.41) is 0. The molecule has 0 saturated carbocycles. The molecule has 0 radical (unpaired) electrons. The molecule has 1 heteroatoms. The molecule has 0 aliphatic heterocycles. The van der Waals surface area contributed by atoms with Gasteiger partial charge in [0.25, 0.3) is 0 Å². The Kier molecular flexibility index (Phi) is 3.71. The molecule has 0 bridgehead atoms. The molecule has 0 saturated heterocycles. The summed E-state index contributed by atoms with van der Waals surface area (Å²) < 4.78 is 0. The number of allylic oxidation sites excluding steroid dienone is 5. The lowest BCUT2D eigenvalue weighted by Gasteiger charge is -2.40. The van der Waals surface area contributed by atoms with Crippen LogP contribution in [-0.4, -0.2) is 8.07 Å². The summed E-state index contributed by atoms with van der Waals surface area (Å²) in [5.41, 5.74) is 12.1. The predicted octanol–water partition coefficient (Wildman–Crippen LogP) is 7.17. The third-order valence-corrected chi connectivity index (χ3v) is 11.7. The van der Waals surface area contributed by atoms with Crippen molar-refractivity contribution >= 4 is 14.1 Å². The fourth-order valence-electron chi connectivity index (χ4n) is 6.37. The zero-order valence-corrected chi connectivity index (χ0v) is 16.8. The minimum absolute atomic E-state index is 0.693. The third kappa shape index (κ3) is 2.31. The standard InChI is InChI=1S/C24H30Si/c1-25(2,23-16-15-17-9-3-4-10-18(17)23)24-21-13-7-5-11-19(21)20-12-6-8-14-22(20)24/h3-4,9-10,15-16,23-24H,5-8,11-14H2,1-2H3. The second-order valence-electron chi connectivity index (χ2n) is 9.14. The zero-order chi connectivity index (χ0) is 17.0. The van der Waals surface area contributed by atoms with Gasteiger partial charge >= 0.3 is 0 Å². The van der Waals surface area contributed by atoms with Gasteiger partial charge < -0.3 is 0 Å². The van der Waals surface area contributed by atoms with E-state index in [4.69, 9.17) is 0 Å². The Morgan fingerprint density at radius 2 is 1.40 bits per heavy atom. The number of fused-ring (bicyclic) bond motifs is 2. The highest BCUT2D eigenvalue weighted by Gasteiger charge is 2.48. The molecule has 5 rings (SSSR count). The summed E-state index contributed by atoms with van der Waals surface area (Å²) >= 11 is 0. The number of rotatable bonds is 2. The topological polar surface area (TPSA) is 0 Å². The van der Waals surface area contributed by atoms with Crippen molar-refractivity contribution in [2.75, 3.05) is 0 Å². The molecule has 0 nitrogen and oxygen atoms in total. The van der Waals surface area contributed by atoms with Gasteiger partial charge in [0.2, 0.25) is 0 Å². The van der Waals surface area contributed by atoms with Crippen molar-refractivity contribution in [3.05, 3.63) is 63.8 Å². The van der Waals surface area contributed by atoms with E-state index < -0.39 is 8.07 Å². The van der Waals surface area contributed by atoms with Gasteiger partial charge in [-0.25, -0.2) is 0 Å². The minimum Gasteiger partial charge on any atom is -0.0791 e. The van der Waals surface area contributed by atoms with Gasteiger partial charge in [-0.1, -0.05) is 60.7 Å². The van der Waals surface area contributed by atoms with Crippen LogP contribution in [0.25, 0.3) is 6.08 Å². The lowest BCUT2D eigenvalue weighted by Crippen LogP contribution is -2.40. The fourth-order valence-corrected chi connectivity index (χ4v) is 10.8. The summed E-state index contributed by atoms with van der Waals surface area (Å²) in [4.78, 5) is 0. The van der Waals surface area contributed by atoms with Crippen molar-refractivity contribution in [2.24, 2.45) is 0 Å². The van der Waals surface area contributed by atoms with Gasteiger partial charge in [0.05, 0.1) is 8.07 Å². The first-order valence-electron chi connectivity index (χ1n) is 10.4. The number of benzene rings is 1. The average Bonchev–Trinajstić information content (AvgIpc) is 3.22. The van der Waals surface area contributed by atoms with Crippen LogP contribution < -0.4 is 0 Å². The minimum atomic E-state index is -1.51. The molecule has 1 aromatic rings. The lowest BCUT2D eigenvalue weighted by atomic mass is 9.87. The zero-order valence-electron chi connectivity index (χ0n) is 15.8. The number of hydrogen-bond donors (Lipinski definition) is 0. The van der Waals surface area contributed by atoms with E-state index in [9.17, 15) is 0 Å². The largest absolute Gasteiger partial charge is 0.0791 e. The van der Waals surface area contributed by atoms with Gasteiger partial charge in [-0.3, -0.25) is 0 Å². The van der Waals surface area contributed by atoms with Gasteiger partial charge in [-0.05, 0) is 84.7 Å². The first-order valence-corrected chi connectivity index (χ1v) is 13.5. The van der Waals surface area contributed by atoms with Crippen LogP contribution in [0.2, 0.25) is 18.6 Å². The maximum atomic E-state index is 2.69. The van der Waals surface area contributed by atoms with Gasteiger partial charge in [0.1, 0.15) is 0 Å². The van der Waals surface area contributed by atoms with Crippen LogP contribution in [0.5, 0.6) is 0 Å². The Bertz CT molecular complexity index is 773. The summed E-state index contributed by atoms with van der Waals surface area (Å²) in [5.74, 6) is 0. The Labute approximate surface area is 153 Å². The molecule has 1 unspecified atom stereocenters. The van der Waals surface area contributed by atoms with Crippen LogP contribution in [0.1, 0.15) is 68.0 Å². The van der Waals surface area contributed by atoms with Crippen molar-refractivity contribution in [1.82, 2.24) is 0 Å². The highest BCUT2D eigenvalue weighted by molar-refractivity contribution is 6.82. The van der Waals surface area contributed by atoms with Gasteiger partial charge in [0, 0.05) is 0 Å². The highest BCUT2D eigenvalue weighted by Crippen LogP contribution is 2.59. The van der Waals surface area contributed by atoms with Crippen molar-refractivity contribution in [1.29, 1.82) is 0 Å². The molecule has 0 heterocycles. The predicted molar refractivity (Wildman–Crippen MR) is 110 cm³/mol. The van der Waals surface area contributed by atoms with E-state index in [1.54, 1.807) is 5.56 Å². The van der Waals surface area contributed by atoms with Crippen LogP contribution >= 0.6 is 0 Å². The van der Waals surface area contributed by atoms with E-state index in [0.717, 1.165) is 5.54 Å². The molecule has 1 atom stereocenters. The van der Waals surface area contributed by atoms with Crippen molar-refractivity contribution in [3.63, 3.8) is 0 Å². The Hall–Kier alpha value is -1.34. The second-order valence-corrected chi connectivity index (χ2v) is 14.0. The molecule has 130 valence electrons. The summed E-state index contributed by atoms with van der Waals surface area (Å²) in [6, 6.07) is 9.14. The van der Waals surface area contributed by atoms with Crippen molar-refractivity contribution in [3.8, 4) is 0 Å². The molecule has 1 aromatic carbocycles. The van der Waals surface area contributed by atoms with E-state index in [1.165, 1.54) is 56.9 Å². The summed E-state index contributed by atoms with van der Waals surface area (Å²) in [6.45, 7) is 5.39.